The van der Waals surface area contributed by atoms with Gasteiger partial charge in [0.05, 0.1) is 0 Å². The molecule has 0 saturated heterocycles. The molecule has 0 radical (unpaired) electrons. The average molecular weight is 538 g/mol. The van der Waals surface area contributed by atoms with Gasteiger partial charge in [-0.3, -0.25) is 9.59 Å². The lowest BCUT2D eigenvalue weighted by Gasteiger charge is -2.43. The second kappa shape index (κ2) is 14.5. The Kier molecular flexibility index (Phi) is 12.8. The van der Waals surface area contributed by atoms with E-state index in [1.54, 1.807) is 57.7 Å². The first-order valence-corrected chi connectivity index (χ1v) is 14.4. The molecule has 0 fully saturated rings. The molecule has 0 aliphatic heterocycles. The number of hydrogen-bond acceptors (Lipinski definition) is 6. The van der Waals surface area contributed by atoms with Crippen molar-refractivity contribution in [2.24, 2.45) is 0 Å². The maximum atomic E-state index is 14.2. The number of aryl methyl sites for hydroxylation is 1. The number of amides is 3. The second-order valence-corrected chi connectivity index (χ2v) is 12.3. The van der Waals surface area contributed by atoms with E-state index in [4.69, 9.17) is 4.74 Å². The van der Waals surface area contributed by atoms with Gasteiger partial charge in [-0.15, -0.1) is 0 Å². The Labute approximate surface area is 227 Å². The van der Waals surface area contributed by atoms with Crippen LogP contribution in [0, 0.1) is 6.92 Å². The van der Waals surface area contributed by atoms with Crippen LogP contribution in [0.15, 0.2) is 18.2 Å². The van der Waals surface area contributed by atoms with Crippen LogP contribution in [0.2, 0.25) is 0 Å². The number of nitrogens with zero attached hydrogens (tertiary/aromatic N) is 1. The SMILES string of the molecule is CCCCCNC(=O)C(c1cccc(C)c1O)N(C(=O)C(CCSC)NC(=O)OC(C)(C)C)C(C)(C)C. The van der Waals surface area contributed by atoms with Gasteiger partial charge >= 0.3 is 6.09 Å². The monoisotopic (exact) mass is 537 g/mol. The molecule has 0 spiro atoms. The lowest BCUT2D eigenvalue weighted by Crippen LogP contribution is -2.58. The molecule has 0 heterocycles. The average Bonchev–Trinajstić information content (AvgIpc) is 2.77. The van der Waals surface area contributed by atoms with Crippen LogP contribution in [-0.2, 0) is 14.3 Å². The number of phenols is 1. The molecule has 3 N–H and O–H groups in total. The number of alkyl carbamates (subject to hydrolysis) is 1. The third-order valence-corrected chi connectivity index (χ3v) is 6.35. The number of unbranched alkanes of at least 4 members (excludes halogenated alkanes) is 2. The summed E-state index contributed by atoms with van der Waals surface area (Å²) in [5.41, 5.74) is -0.591. The maximum Gasteiger partial charge on any atom is 0.408 e. The normalized spacial score (nSPS) is 13.4. The van der Waals surface area contributed by atoms with Crippen molar-refractivity contribution < 1.29 is 24.2 Å². The first-order chi connectivity index (χ1) is 17.1. The van der Waals surface area contributed by atoms with Gasteiger partial charge in [0.15, 0.2) is 0 Å². The van der Waals surface area contributed by atoms with Crippen LogP contribution in [-0.4, -0.2) is 63.6 Å². The number of nitrogens with one attached hydrogen (secondary N) is 2. The van der Waals surface area contributed by atoms with Gasteiger partial charge in [0.1, 0.15) is 23.4 Å². The van der Waals surface area contributed by atoms with E-state index in [1.807, 2.05) is 27.0 Å². The van der Waals surface area contributed by atoms with E-state index < -0.39 is 35.2 Å². The lowest BCUT2D eigenvalue weighted by molar-refractivity contribution is -0.148. The molecule has 1 aromatic carbocycles. The first kappa shape index (κ1) is 32.6. The quantitative estimate of drug-likeness (QED) is 0.311. The lowest BCUT2D eigenvalue weighted by atomic mass is 9.93. The van der Waals surface area contributed by atoms with Crippen LogP contribution < -0.4 is 10.6 Å². The van der Waals surface area contributed by atoms with Crippen LogP contribution in [0.4, 0.5) is 4.79 Å². The van der Waals surface area contributed by atoms with Gasteiger partial charge < -0.3 is 25.4 Å². The Bertz CT molecular complexity index is 908. The summed E-state index contributed by atoms with van der Waals surface area (Å²) in [6.45, 7) is 15.1. The second-order valence-electron chi connectivity index (χ2n) is 11.3. The smallest absolute Gasteiger partial charge is 0.408 e. The van der Waals surface area contributed by atoms with Crippen molar-refractivity contribution in [1.29, 1.82) is 0 Å². The third kappa shape index (κ3) is 10.5. The van der Waals surface area contributed by atoms with Gasteiger partial charge in [-0.05, 0) is 78.9 Å². The summed E-state index contributed by atoms with van der Waals surface area (Å²) < 4.78 is 5.42. The fraction of sp³-hybridized carbons (Fsp3) is 0.679. The molecule has 2 unspecified atom stereocenters. The predicted octanol–water partition coefficient (Wildman–Crippen LogP) is 5.32. The van der Waals surface area contributed by atoms with Gasteiger partial charge in [0.25, 0.3) is 0 Å². The maximum absolute atomic E-state index is 14.2. The van der Waals surface area contributed by atoms with Gasteiger partial charge in [-0.2, -0.15) is 11.8 Å². The van der Waals surface area contributed by atoms with Crippen molar-refractivity contribution in [3.8, 4) is 5.75 Å². The van der Waals surface area contributed by atoms with Crippen molar-refractivity contribution in [3.05, 3.63) is 29.3 Å². The summed E-state index contributed by atoms with van der Waals surface area (Å²) in [5, 5.41) is 16.7. The van der Waals surface area contributed by atoms with Gasteiger partial charge in [0, 0.05) is 17.6 Å². The Morgan fingerprint density at radius 2 is 1.76 bits per heavy atom. The molecule has 9 heteroatoms. The standard InChI is InChI=1S/C28H47N3O5S/c1-10-11-12-17-29-24(33)22(20-15-13-14-19(2)23(20)32)31(27(3,4)5)25(34)21(16-18-37-9)30-26(35)36-28(6,7)8/h13-15,21-22,32H,10-12,16-18H2,1-9H3,(H,29,33)(H,30,35). The highest BCUT2D eigenvalue weighted by molar-refractivity contribution is 7.98. The number of rotatable bonds is 12. The molecule has 0 bridgehead atoms. The van der Waals surface area contributed by atoms with E-state index in [-0.39, 0.29) is 11.7 Å². The molecule has 1 aromatic rings. The van der Waals surface area contributed by atoms with Crippen molar-refractivity contribution in [2.75, 3.05) is 18.6 Å². The minimum absolute atomic E-state index is 0.0287. The van der Waals surface area contributed by atoms with E-state index in [0.29, 0.717) is 29.8 Å². The number of hydrogen-bond donors (Lipinski definition) is 3. The molecule has 2 atom stereocenters. The minimum Gasteiger partial charge on any atom is -0.507 e. The molecule has 0 aliphatic carbocycles. The van der Waals surface area contributed by atoms with Crippen molar-refractivity contribution in [3.63, 3.8) is 0 Å². The Hall–Kier alpha value is -2.42. The number of ether oxygens (including phenoxy) is 1. The van der Waals surface area contributed by atoms with Crippen LogP contribution >= 0.6 is 11.8 Å². The predicted molar refractivity (Wildman–Crippen MR) is 151 cm³/mol. The van der Waals surface area contributed by atoms with Gasteiger partial charge in [-0.1, -0.05) is 38.0 Å². The summed E-state index contributed by atoms with van der Waals surface area (Å²) in [5.74, 6) is -0.199. The van der Waals surface area contributed by atoms with Gasteiger partial charge in [-0.25, -0.2) is 4.79 Å². The number of aromatic hydroxyl groups is 1. The Balaban J connectivity index is 3.55. The fourth-order valence-corrected chi connectivity index (χ4v) is 4.41. The number of thioether (sulfide) groups is 1. The Morgan fingerprint density at radius 1 is 1.11 bits per heavy atom. The van der Waals surface area contributed by atoms with Crippen LogP contribution in [0.5, 0.6) is 5.75 Å². The van der Waals surface area contributed by atoms with Crippen LogP contribution in [0.1, 0.15) is 91.3 Å². The molecule has 210 valence electrons. The van der Waals surface area contributed by atoms with Gasteiger partial charge in [0.2, 0.25) is 11.8 Å². The van der Waals surface area contributed by atoms with Crippen LogP contribution in [0.25, 0.3) is 0 Å². The van der Waals surface area contributed by atoms with E-state index in [0.717, 1.165) is 19.3 Å². The van der Waals surface area contributed by atoms with E-state index in [9.17, 15) is 19.5 Å². The summed E-state index contributed by atoms with van der Waals surface area (Å²) in [6, 6.07) is 3.18. The molecule has 8 nitrogen and oxygen atoms in total. The zero-order valence-electron chi connectivity index (χ0n) is 24.1. The van der Waals surface area contributed by atoms with Crippen molar-refractivity contribution in [2.45, 2.75) is 104 Å². The minimum atomic E-state index is -1.09. The molecule has 0 saturated carbocycles. The first-order valence-electron chi connectivity index (χ1n) is 13.0. The summed E-state index contributed by atoms with van der Waals surface area (Å²) in [4.78, 5) is 42.0. The number of para-hydroxylation sites is 1. The molecular formula is C28H47N3O5S. The summed E-state index contributed by atoms with van der Waals surface area (Å²) >= 11 is 1.56. The van der Waals surface area contributed by atoms with E-state index in [2.05, 4.69) is 17.6 Å². The largest absolute Gasteiger partial charge is 0.507 e. The van der Waals surface area contributed by atoms with Crippen LogP contribution in [0.3, 0.4) is 0 Å². The van der Waals surface area contributed by atoms with E-state index in [1.165, 1.54) is 4.90 Å². The van der Waals surface area contributed by atoms with Crippen molar-refractivity contribution >= 4 is 29.7 Å². The van der Waals surface area contributed by atoms with E-state index >= 15 is 0 Å². The number of carbonyl (C=O) groups excluding carboxylic acids is 3. The third-order valence-electron chi connectivity index (χ3n) is 5.71. The number of carbonyl (C=O) groups is 3. The topological polar surface area (TPSA) is 108 Å². The highest BCUT2D eigenvalue weighted by Crippen LogP contribution is 2.36. The molecule has 37 heavy (non-hydrogen) atoms. The summed E-state index contributed by atoms with van der Waals surface area (Å²) in [6.07, 6.45) is 4.38. The highest BCUT2D eigenvalue weighted by Gasteiger charge is 2.42. The van der Waals surface area contributed by atoms with Crippen molar-refractivity contribution in [1.82, 2.24) is 15.5 Å². The zero-order chi connectivity index (χ0) is 28.4. The fourth-order valence-electron chi connectivity index (χ4n) is 3.94. The molecule has 3 amide bonds. The Morgan fingerprint density at radius 3 is 2.30 bits per heavy atom. The number of phenolic OH excluding ortho intramolecular Hbond substituents is 1. The zero-order valence-corrected chi connectivity index (χ0v) is 24.9. The molecule has 0 aromatic heterocycles. The molecule has 0 aliphatic rings. The number of benzene rings is 1. The molecule has 1 rings (SSSR count). The highest BCUT2D eigenvalue weighted by atomic mass is 32.2. The molecular weight excluding hydrogens is 490 g/mol. The summed E-state index contributed by atoms with van der Waals surface area (Å²) in [7, 11) is 0.